The molecule has 8 nitrogen and oxygen atoms in total. The van der Waals surface area contributed by atoms with Crippen LogP contribution in [0.2, 0.25) is 0 Å². The van der Waals surface area contributed by atoms with E-state index in [1.165, 1.54) is 24.1 Å². The van der Waals surface area contributed by atoms with Gasteiger partial charge in [0.05, 0.1) is 0 Å². The summed E-state index contributed by atoms with van der Waals surface area (Å²) in [6.07, 6.45) is 0.806. The first-order valence-electron chi connectivity index (χ1n) is 9.65. The van der Waals surface area contributed by atoms with Crippen LogP contribution >= 0.6 is 0 Å². The first-order chi connectivity index (χ1) is 13.1. The van der Waals surface area contributed by atoms with Gasteiger partial charge >= 0.3 is 6.03 Å². The van der Waals surface area contributed by atoms with Crippen molar-refractivity contribution >= 4 is 17.8 Å². The third-order valence-corrected chi connectivity index (χ3v) is 5.90. The lowest BCUT2D eigenvalue weighted by Crippen LogP contribution is -2.58. The van der Waals surface area contributed by atoms with Crippen LogP contribution in [-0.4, -0.2) is 69.3 Å². The maximum Gasteiger partial charge on any atom is 0.327 e. The van der Waals surface area contributed by atoms with Gasteiger partial charge in [0, 0.05) is 51.6 Å². The molecule has 0 aromatic carbocycles. The quantitative estimate of drug-likeness (QED) is 0.729. The Kier molecular flexibility index (Phi) is 5.08. The lowest BCUT2D eigenvalue weighted by atomic mass is 9.85. The molecule has 0 radical (unpaired) electrons. The van der Waals surface area contributed by atoms with E-state index >= 15 is 0 Å². The molecule has 2 saturated heterocycles. The van der Waals surface area contributed by atoms with Crippen LogP contribution in [0.25, 0.3) is 0 Å². The second-order valence-corrected chi connectivity index (χ2v) is 8.25. The van der Waals surface area contributed by atoms with E-state index in [0.717, 1.165) is 0 Å². The molecule has 3 rings (SSSR count). The van der Waals surface area contributed by atoms with Crippen molar-refractivity contribution in [2.24, 2.45) is 13.0 Å². The Bertz CT molecular complexity index is 881. The van der Waals surface area contributed by atoms with Gasteiger partial charge < -0.3 is 14.4 Å². The summed E-state index contributed by atoms with van der Waals surface area (Å²) in [4.78, 5) is 54.9. The Morgan fingerprint density at radius 1 is 1.11 bits per heavy atom. The van der Waals surface area contributed by atoms with Crippen molar-refractivity contribution in [3.05, 3.63) is 33.7 Å². The van der Waals surface area contributed by atoms with Gasteiger partial charge in [0.15, 0.2) is 5.43 Å². The maximum atomic E-state index is 13.0. The van der Waals surface area contributed by atoms with Gasteiger partial charge in [0.2, 0.25) is 0 Å². The zero-order valence-electron chi connectivity index (χ0n) is 17.2. The SMILES string of the molecule is Cc1cc(=O)cc(C(=O)N2CCC3(CC2)C(=O)N(C)C(=O)N3CC(C)C)n1C. The zero-order valence-corrected chi connectivity index (χ0v) is 17.2. The number of pyridine rings is 1. The highest BCUT2D eigenvalue weighted by Gasteiger charge is 2.57. The summed E-state index contributed by atoms with van der Waals surface area (Å²) in [7, 11) is 3.28. The van der Waals surface area contributed by atoms with E-state index in [0.29, 0.717) is 43.9 Å². The number of aryl methyl sites for hydroxylation is 1. The van der Waals surface area contributed by atoms with E-state index < -0.39 is 5.54 Å². The van der Waals surface area contributed by atoms with Crippen LogP contribution in [-0.2, 0) is 11.8 Å². The number of urea groups is 1. The van der Waals surface area contributed by atoms with Crippen LogP contribution in [0.5, 0.6) is 0 Å². The van der Waals surface area contributed by atoms with E-state index in [4.69, 9.17) is 0 Å². The number of carbonyl (C=O) groups excluding carboxylic acids is 3. The van der Waals surface area contributed by atoms with Crippen molar-refractivity contribution < 1.29 is 14.4 Å². The van der Waals surface area contributed by atoms with Crippen molar-refractivity contribution in [1.29, 1.82) is 0 Å². The molecule has 0 saturated carbocycles. The molecule has 4 amide bonds. The van der Waals surface area contributed by atoms with Crippen molar-refractivity contribution in [3.8, 4) is 0 Å². The van der Waals surface area contributed by atoms with Gasteiger partial charge in [0.25, 0.3) is 11.8 Å². The number of likely N-dealkylation sites (N-methyl/N-ethyl adjacent to an activating group) is 1. The van der Waals surface area contributed by atoms with E-state index in [9.17, 15) is 19.2 Å². The number of imide groups is 1. The predicted molar refractivity (Wildman–Crippen MR) is 104 cm³/mol. The molecule has 152 valence electrons. The van der Waals surface area contributed by atoms with Crippen molar-refractivity contribution in [3.63, 3.8) is 0 Å². The minimum Gasteiger partial charge on any atom is -0.344 e. The Balaban J connectivity index is 1.83. The largest absolute Gasteiger partial charge is 0.344 e. The number of rotatable bonds is 3. The molecule has 0 bridgehead atoms. The van der Waals surface area contributed by atoms with Crippen LogP contribution < -0.4 is 5.43 Å². The molecule has 1 spiro atoms. The van der Waals surface area contributed by atoms with E-state index in [-0.39, 0.29) is 29.2 Å². The molecule has 2 fully saturated rings. The first-order valence-corrected chi connectivity index (χ1v) is 9.65. The minimum atomic E-state index is -0.870. The molecule has 0 aliphatic carbocycles. The fourth-order valence-electron chi connectivity index (χ4n) is 4.19. The highest BCUT2D eigenvalue weighted by Crippen LogP contribution is 2.37. The second-order valence-electron chi connectivity index (χ2n) is 8.25. The highest BCUT2D eigenvalue weighted by molar-refractivity contribution is 6.07. The molecule has 8 heteroatoms. The lowest BCUT2D eigenvalue weighted by molar-refractivity contribution is -0.134. The molecule has 28 heavy (non-hydrogen) atoms. The Labute approximate surface area is 164 Å². The number of hydrogen-bond donors (Lipinski definition) is 0. The summed E-state index contributed by atoms with van der Waals surface area (Å²) >= 11 is 0. The standard InChI is InChI=1S/C20H28N4O4/c1-13(2)12-24-19(28)22(5)18(27)20(24)6-8-23(9-7-20)17(26)16-11-15(25)10-14(3)21(16)4/h10-11,13H,6-9,12H2,1-5H3. The average Bonchev–Trinajstić information content (AvgIpc) is 2.81. The smallest absolute Gasteiger partial charge is 0.327 e. The molecule has 0 atom stereocenters. The topological polar surface area (TPSA) is 82.9 Å². The third-order valence-electron chi connectivity index (χ3n) is 5.90. The number of hydrogen-bond acceptors (Lipinski definition) is 4. The van der Waals surface area contributed by atoms with Crippen LogP contribution in [0.3, 0.4) is 0 Å². The monoisotopic (exact) mass is 388 g/mol. The lowest BCUT2D eigenvalue weighted by Gasteiger charge is -2.42. The van der Waals surface area contributed by atoms with Gasteiger partial charge in [-0.2, -0.15) is 0 Å². The molecule has 3 heterocycles. The van der Waals surface area contributed by atoms with Gasteiger partial charge in [-0.3, -0.25) is 19.3 Å². The van der Waals surface area contributed by atoms with Crippen LogP contribution in [0.4, 0.5) is 4.79 Å². The molecule has 1 aromatic heterocycles. The average molecular weight is 388 g/mol. The molecule has 2 aliphatic rings. The van der Waals surface area contributed by atoms with E-state index in [1.807, 2.05) is 13.8 Å². The summed E-state index contributed by atoms with van der Waals surface area (Å²) in [5.74, 6) is -0.173. The zero-order chi connectivity index (χ0) is 20.8. The second kappa shape index (κ2) is 7.07. The predicted octanol–water partition coefficient (Wildman–Crippen LogP) is 1.22. The number of aromatic nitrogens is 1. The number of carbonyl (C=O) groups is 3. The van der Waals surface area contributed by atoms with Crippen LogP contribution in [0, 0.1) is 12.8 Å². The summed E-state index contributed by atoms with van der Waals surface area (Å²) in [5, 5.41) is 0. The van der Waals surface area contributed by atoms with E-state index in [1.54, 1.807) is 28.3 Å². The number of nitrogens with zero attached hydrogens (tertiary/aromatic N) is 4. The van der Waals surface area contributed by atoms with Crippen LogP contribution in [0.15, 0.2) is 16.9 Å². The number of likely N-dealkylation sites (tertiary alicyclic amines) is 1. The third kappa shape index (κ3) is 3.10. The van der Waals surface area contributed by atoms with Crippen molar-refractivity contribution in [2.75, 3.05) is 26.7 Å². The summed E-state index contributed by atoms with van der Waals surface area (Å²) in [6, 6.07) is 2.58. The molecule has 1 aromatic rings. The molecule has 0 unspecified atom stereocenters. The molecule has 2 aliphatic heterocycles. The fourth-order valence-corrected chi connectivity index (χ4v) is 4.19. The van der Waals surface area contributed by atoms with Gasteiger partial charge in [-0.05, 0) is 25.7 Å². The minimum absolute atomic E-state index is 0.187. The summed E-state index contributed by atoms with van der Waals surface area (Å²) in [6.45, 7) is 7.05. The first kappa shape index (κ1) is 20.1. The maximum absolute atomic E-state index is 13.0. The van der Waals surface area contributed by atoms with Gasteiger partial charge in [-0.15, -0.1) is 0 Å². The van der Waals surface area contributed by atoms with Crippen LogP contribution in [0.1, 0.15) is 42.9 Å². The van der Waals surface area contributed by atoms with Gasteiger partial charge in [0.1, 0.15) is 11.2 Å². The summed E-state index contributed by atoms with van der Waals surface area (Å²) < 4.78 is 1.71. The van der Waals surface area contributed by atoms with E-state index in [2.05, 4.69) is 0 Å². The Morgan fingerprint density at radius 3 is 2.29 bits per heavy atom. The molecular weight excluding hydrogens is 360 g/mol. The Morgan fingerprint density at radius 2 is 1.71 bits per heavy atom. The Hall–Kier alpha value is -2.64. The normalized spacial score (nSPS) is 19.3. The van der Waals surface area contributed by atoms with Crippen molar-refractivity contribution in [2.45, 2.75) is 39.2 Å². The highest BCUT2D eigenvalue weighted by atomic mass is 16.2. The molecular formula is C20H28N4O4. The fraction of sp³-hybridized carbons (Fsp3) is 0.600. The number of piperidine rings is 1. The van der Waals surface area contributed by atoms with Gasteiger partial charge in [-0.1, -0.05) is 13.8 Å². The number of amides is 4. The van der Waals surface area contributed by atoms with Crippen molar-refractivity contribution in [1.82, 2.24) is 19.3 Å². The summed E-state index contributed by atoms with van der Waals surface area (Å²) in [5.41, 5.74) is -0.0176. The molecule has 0 N–H and O–H groups in total. The van der Waals surface area contributed by atoms with Gasteiger partial charge in [-0.25, -0.2) is 4.79 Å².